The number of pyridine rings is 1. The molecule has 0 saturated carbocycles. The molecule has 0 atom stereocenters. The van der Waals surface area contributed by atoms with Gasteiger partial charge in [-0.1, -0.05) is 25.4 Å². The van der Waals surface area contributed by atoms with Gasteiger partial charge in [0.2, 0.25) is 5.78 Å². The van der Waals surface area contributed by atoms with Gasteiger partial charge in [0.15, 0.2) is 0 Å². The molecule has 0 aliphatic rings. The first-order chi connectivity index (χ1) is 14.6. The average Bonchev–Trinajstić information content (AvgIpc) is 2.67. The van der Waals surface area contributed by atoms with Crippen LogP contribution in [0.15, 0.2) is 39.9 Å². The van der Waals surface area contributed by atoms with E-state index in [4.69, 9.17) is 11.6 Å². The van der Waals surface area contributed by atoms with E-state index in [9.17, 15) is 19.5 Å². The minimum absolute atomic E-state index is 0.0328. The number of H-pyrrole nitrogens is 1. The molecule has 1 aromatic carbocycles. The van der Waals surface area contributed by atoms with E-state index in [1.54, 1.807) is 45.0 Å². The Balaban J connectivity index is 2.28. The molecule has 0 aliphatic heterocycles. The smallest absolute Gasteiger partial charge is 0.329 e. The molecule has 162 valence electrons. The van der Waals surface area contributed by atoms with Crippen molar-refractivity contribution >= 4 is 17.4 Å². The number of hydrogen-bond acceptors (Lipinski definition) is 5. The lowest BCUT2D eigenvalue weighted by molar-refractivity contribution is 0.102. The summed E-state index contributed by atoms with van der Waals surface area (Å²) in [7, 11) is 0. The second-order valence-corrected chi connectivity index (χ2v) is 8.31. The highest BCUT2D eigenvalue weighted by Gasteiger charge is 2.25. The summed E-state index contributed by atoms with van der Waals surface area (Å²) in [5.74, 6) is -0.757. The molecule has 0 bridgehead atoms. The molecule has 0 amide bonds. The maximum absolute atomic E-state index is 13.6. The Hall–Kier alpha value is -3.03. The van der Waals surface area contributed by atoms with E-state index < -0.39 is 17.0 Å². The Labute approximate surface area is 184 Å². The van der Waals surface area contributed by atoms with Crippen LogP contribution in [0.3, 0.4) is 0 Å². The van der Waals surface area contributed by atoms with Crippen molar-refractivity contribution in [2.24, 2.45) is 0 Å². The Kier molecular flexibility index (Phi) is 6.57. The van der Waals surface area contributed by atoms with Gasteiger partial charge in [0, 0.05) is 21.8 Å². The van der Waals surface area contributed by atoms with Gasteiger partial charge in [-0.2, -0.15) is 0 Å². The van der Waals surface area contributed by atoms with Crippen molar-refractivity contribution in [1.29, 1.82) is 0 Å². The normalized spacial score (nSPS) is 11.2. The lowest BCUT2D eigenvalue weighted by atomic mass is 9.96. The lowest BCUT2D eigenvalue weighted by Crippen LogP contribution is -2.38. The molecular weight excluding hydrogens is 418 g/mol. The molecule has 0 saturated heterocycles. The van der Waals surface area contributed by atoms with Gasteiger partial charge in [0.1, 0.15) is 5.69 Å². The van der Waals surface area contributed by atoms with Crippen molar-refractivity contribution in [3.05, 3.63) is 95.5 Å². The maximum atomic E-state index is 13.6. The Morgan fingerprint density at radius 2 is 1.87 bits per heavy atom. The maximum Gasteiger partial charge on any atom is 0.329 e. The second kappa shape index (κ2) is 8.99. The molecular formula is C23H24ClN3O4. The number of aliphatic hydroxyl groups excluding tert-OH is 1. The zero-order valence-electron chi connectivity index (χ0n) is 17.8. The number of carbonyl (C=O) groups is 1. The fourth-order valence-corrected chi connectivity index (χ4v) is 3.98. The molecule has 0 spiro atoms. The average molecular weight is 442 g/mol. The number of nitrogens with zero attached hydrogens (tertiary/aromatic N) is 2. The lowest BCUT2D eigenvalue weighted by Gasteiger charge is -2.18. The molecule has 8 heteroatoms. The molecule has 3 aromatic rings. The molecule has 3 rings (SSSR count). The van der Waals surface area contributed by atoms with Crippen LogP contribution >= 0.6 is 11.6 Å². The van der Waals surface area contributed by atoms with E-state index in [0.717, 1.165) is 5.56 Å². The quantitative estimate of drug-likeness (QED) is 0.572. The van der Waals surface area contributed by atoms with E-state index in [1.807, 2.05) is 6.92 Å². The third-order valence-corrected chi connectivity index (χ3v) is 5.12. The van der Waals surface area contributed by atoms with Crippen LogP contribution in [0.5, 0.6) is 0 Å². The summed E-state index contributed by atoms with van der Waals surface area (Å²) in [6.07, 6.45) is 0. The van der Waals surface area contributed by atoms with Gasteiger partial charge in [0.25, 0.3) is 5.56 Å². The fourth-order valence-electron chi connectivity index (χ4n) is 3.69. The number of aryl methyl sites for hydroxylation is 2. The van der Waals surface area contributed by atoms with Crippen LogP contribution in [0.1, 0.15) is 63.9 Å². The number of hydrogen-bond donors (Lipinski definition) is 2. The minimum atomic E-state index is -0.684. The Morgan fingerprint density at radius 3 is 2.48 bits per heavy atom. The molecule has 31 heavy (non-hydrogen) atoms. The highest BCUT2D eigenvalue weighted by molar-refractivity contribution is 6.31. The molecule has 2 N–H and O–H groups in total. The monoisotopic (exact) mass is 441 g/mol. The fraction of sp³-hybridized carbons (Fsp3) is 0.304. The van der Waals surface area contributed by atoms with E-state index >= 15 is 0 Å². The zero-order chi connectivity index (χ0) is 22.9. The first-order valence-corrected chi connectivity index (χ1v) is 10.2. The SMILES string of the molecule is Cc1cc(Cl)cc(C(=O)c2c(C(C)C)c(=O)[nH]c(=O)n2Cc2cc(C)nc(CO)c2)c1. The molecule has 2 aromatic heterocycles. The summed E-state index contributed by atoms with van der Waals surface area (Å²) >= 11 is 6.15. The molecule has 2 heterocycles. The number of halogens is 1. The van der Waals surface area contributed by atoms with Gasteiger partial charge in [-0.3, -0.25) is 24.1 Å². The van der Waals surface area contributed by atoms with Gasteiger partial charge in [-0.15, -0.1) is 0 Å². The second-order valence-electron chi connectivity index (χ2n) is 7.88. The highest BCUT2D eigenvalue weighted by Crippen LogP contribution is 2.22. The van der Waals surface area contributed by atoms with Crippen LogP contribution in [0.4, 0.5) is 0 Å². The number of carbonyl (C=O) groups excluding carboxylic acids is 1. The predicted molar refractivity (Wildman–Crippen MR) is 119 cm³/mol. The van der Waals surface area contributed by atoms with E-state index in [2.05, 4.69) is 9.97 Å². The predicted octanol–water partition coefficient (Wildman–Crippen LogP) is 3.10. The third-order valence-electron chi connectivity index (χ3n) is 4.90. The molecule has 0 aliphatic carbocycles. The van der Waals surface area contributed by atoms with Crippen LogP contribution in [-0.4, -0.2) is 25.4 Å². The van der Waals surface area contributed by atoms with Crippen LogP contribution in [0.2, 0.25) is 5.02 Å². The highest BCUT2D eigenvalue weighted by atomic mass is 35.5. The molecule has 0 unspecified atom stereocenters. The van der Waals surface area contributed by atoms with Crippen molar-refractivity contribution < 1.29 is 9.90 Å². The van der Waals surface area contributed by atoms with E-state index in [0.29, 0.717) is 27.5 Å². The Bertz CT molecular complexity index is 1250. The first-order valence-electron chi connectivity index (χ1n) is 9.87. The summed E-state index contributed by atoms with van der Waals surface area (Å²) < 4.78 is 1.27. The summed E-state index contributed by atoms with van der Waals surface area (Å²) in [5.41, 5.74) is 1.89. The summed E-state index contributed by atoms with van der Waals surface area (Å²) in [6.45, 7) is 6.96. The number of aromatic amines is 1. The molecule has 7 nitrogen and oxygen atoms in total. The van der Waals surface area contributed by atoms with Crippen molar-refractivity contribution in [2.45, 2.75) is 46.8 Å². The first kappa shape index (κ1) is 22.7. The van der Waals surface area contributed by atoms with Crippen LogP contribution in [-0.2, 0) is 13.2 Å². The van der Waals surface area contributed by atoms with Gasteiger partial charge in [0.05, 0.1) is 18.8 Å². The number of aliphatic hydroxyl groups is 1. The number of aromatic nitrogens is 3. The van der Waals surface area contributed by atoms with Crippen molar-refractivity contribution in [1.82, 2.24) is 14.5 Å². The summed E-state index contributed by atoms with van der Waals surface area (Å²) in [5, 5.41) is 9.85. The Morgan fingerprint density at radius 1 is 1.16 bits per heavy atom. The van der Waals surface area contributed by atoms with Gasteiger partial charge in [-0.05, 0) is 61.2 Å². The number of ketones is 1. The molecule has 0 fully saturated rings. The number of nitrogens with one attached hydrogen (secondary N) is 1. The van der Waals surface area contributed by atoms with E-state index in [1.165, 1.54) is 10.6 Å². The summed E-state index contributed by atoms with van der Waals surface area (Å²) in [4.78, 5) is 45.6. The van der Waals surface area contributed by atoms with Crippen molar-refractivity contribution in [2.75, 3.05) is 0 Å². The van der Waals surface area contributed by atoms with Crippen LogP contribution in [0.25, 0.3) is 0 Å². The number of rotatable bonds is 6. The third kappa shape index (κ3) is 4.84. The van der Waals surface area contributed by atoms with Gasteiger partial charge in [-0.25, -0.2) is 4.79 Å². The van der Waals surface area contributed by atoms with E-state index in [-0.39, 0.29) is 30.3 Å². The number of benzene rings is 1. The van der Waals surface area contributed by atoms with Gasteiger partial charge >= 0.3 is 5.69 Å². The standard InChI is InChI=1S/C23H24ClN3O4/c1-12(2)19-20(21(29)16-5-13(3)6-17(24)9-16)27(23(31)26-22(19)30)10-15-7-14(4)25-18(8-15)11-28/h5-9,12,28H,10-11H2,1-4H3,(H,26,30,31). The van der Waals surface area contributed by atoms with Crippen LogP contribution < -0.4 is 11.2 Å². The molecule has 0 radical (unpaired) electrons. The minimum Gasteiger partial charge on any atom is -0.390 e. The van der Waals surface area contributed by atoms with Gasteiger partial charge < -0.3 is 5.11 Å². The topological polar surface area (TPSA) is 105 Å². The van der Waals surface area contributed by atoms with Crippen molar-refractivity contribution in [3.63, 3.8) is 0 Å². The largest absolute Gasteiger partial charge is 0.390 e. The van der Waals surface area contributed by atoms with Crippen molar-refractivity contribution in [3.8, 4) is 0 Å². The zero-order valence-corrected chi connectivity index (χ0v) is 18.6. The van der Waals surface area contributed by atoms with Crippen LogP contribution in [0, 0.1) is 13.8 Å². The summed E-state index contributed by atoms with van der Waals surface area (Å²) in [6, 6.07) is 8.36.